The minimum absolute atomic E-state index is 0.504. The summed E-state index contributed by atoms with van der Waals surface area (Å²) in [5.41, 5.74) is 6.49. The van der Waals surface area contributed by atoms with Crippen molar-refractivity contribution in [2.24, 2.45) is 64.6 Å². The van der Waals surface area contributed by atoms with Gasteiger partial charge in [0.25, 0.3) is 0 Å². The Morgan fingerprint density at radius 3 is 0.562 bits per heavy atom. The molecule has 0 saturated heterocycles. The van der Waals surface area contributed by atoms with Gasteiger partial charge in [-0.2, -0.15) is 0 Å². The maximum Gasteiger partial charge on any atom is -0.0136 e. The third kappa shape index (κ3) is 55.2. The molecule has 0 spiro atoms. The van der Waals surface area contributed by atoms with E-state index in [0.717, 1.165) is 82.9 Å². The minimum atomic E-state index is 0.504. The van der Waals surface area contributed by atoms with E-state index in [0.29, 0.717) is 5.41 Å². The Kier molecular flexibility index (Phi) is 68.0. The van der Waals surface area contributed by atoms with Crippen LogP contribution in [-0.4, -0.2) is 0 Å². The lowest BCUT2D eigenvalue weighted by Gasteiger charge is -2.25. The van der Waals surface area contributed by atoms with Gasteiger partial charge in [0.05, 0.1) is 0 Å². The van der Waals surface area contributed by atoms with Crippen molar-refractivity contribution in [1.82, 2.24) is 0 Å². The molecule has 4 rings (SSSR count). The van der Waals surface area contributed by atoms with E-state index in [1.165, 1.54) is 60.8 Å². The van der Waals surface area contributed by atoms with E-state index >= 15 is 0 Å². The largest absolute Gasteiger partial charge is 0.103 e. The zero-order valence-corrected chi connectivity index (χ0v) is 60.7. The highest BCUT2D eigenvalue weighted by Gasteiger charge is 2.20. The summed E-state index contributed by atoms with van der Waals surface area (Å²) >= 11 is 0. The van der Waals surface area contributed by atoms with E-state index in [2.05, 4.69) is 294 Å². The van der Waals surface area contributed by atoms with Crippen molar-refractivity contribution in [3.05, 3.63) is 156 Å². The van der Waals surface area contributed by atoms with E-state index < -0.39 is 0 Å². The zero-order chi connectivity index (χ0) is 64.0. The molecule has 0 aliphatic heterocycles. The molecule has 5 unspecified atom stereocenters. The molecule has 468 valence electrons. The van der Waals surface area contributed by atoms with Crippen LogP contribution in [0.3, 0.4) is 0 Å². The Labute approximate surface area is 508 Å². The summed E-state index contributed by atoms with van der Waals surface area (Å²) in [7, 11) is 0. The molecule has 4 aromatic rings. The van der Waals surface area contributed by atoms with Crippen molar-refractivity contribution in [2.75, 3.05) is 0 Å². The Morgan fingerprint density at radius 2 is 0.475 bits per heavy atom. The summed E-state index contributed by atoms with van der Waals surface area (Å²) in [5.74, 6) is 10.6. The number of hydrogen-bond donors (Lipinski definition) is 0. The number of hydrogen-bond acceptors (Lipinski definition) is 0. The molecule has 4 aromatic carbocycles. The van der Waals surface area contributed by atoms with Gasteiger partial charge in [0, 0.05) is 0 Å². The van der Waals surface area contributed by atoms with Crippen molar-refractivity contribution >= 4 is 0 Å². The Hall–Kier alpha value is -3.38. The highest BCUT2D eigenvalue weighted by Crippen LogP contribution is 2.34. The fourth-order valence-corrected chi connectivity index (χ4v) is 9.21. The van der Waals surface area contributed by atoms with E-state index in [9.17, 15) is 0 Å². The average molecular weight is 1110 g/mol. The lowest BCUT2D eigenvalue weighted by molar-refractivity contribution is 0.260. The zero-order valence-electron chi connectivity index (χ0n) is 60.7. The van der Waals surface area contributed by atoms with Crippen LogP contribution in [0.25, 0.3) is 0 Å². The maximum absolute atomic E-state index is 3.36. The topological polar surface area (TPSA) is 0 Å². The molecule has 0 radical (unpaired) electrons. The van der Waals surface area contributed by atoms with Crippen LogP contribution in [0.1, 0.15) is 313 Å². The molecule has 0 bridgehead atoms. The summed E-state index contributed by atoms with van der Waals surface area (Å²) in [5, 5.41) is 0. The predicted molar refractivity (Wildman–Crippen MR) is 379 cm³/mol. The minimum Gasteiger partial charge on any atom is -0.103 e. The van der Waals surface area contributed by atoms with Gasteiger partial charge in [-0.25, -0.2) is 0 Å². The van der Waals surface area contributed by atoms with Gasteiger partial charge in [-0.1, -0.05) is 355 Å². The second kappa shape index (κ2) is 60.2. The molecule has 0 aliphatic rings. The van der Waals surface area contributed by atoms with Crippen LogP contribution in [-0.2, 0) is 0 Å². The van der Waals surface area contributed by atoms with Crippen LogP contribution in [0.15, 0.2) is 134 Å². The second-order valence-corrected chi connectivity index (χ2v) is 25.7. The molecule has 0 heteroatoms. The van der Waals surface area contributed by atoms with Crippen LogP contribution in [0.2, 0.25) is 0 Å². The van der Waals surface area contributed by atoms with E-state index in [4.69, 9.17) is 0 Å². The number of benzene rings is 4. The Balaban J connectivity index is -0.000000158. The lowest BCUT2D eigenvalue weighted by Crippen LogP contribution is -2.14. The first-order valence-electron chi connectivity index (χ1n) is 33.4. The summed E-state index contributed by atoms with van der Waals surface area (Å²) in [6.07, 6.45) is 9.51. The molecule has 0 aromatic heterocycles. The molecule has 80 heavy (non-hydrogen) atoms. The van der Waals surface area contributed by atoms with Crippen molar-refractivity contribution in [1.29, 1.82) is 0 Å². The average Bonchev–Trinajstić information content (AvgIpc) is 3.41. The third-order valence-corrected chi connectivity index (χ3v) is 13.1. The summed E-state index contributed by atoms with van der Waals surface area (Å²) in [4.78, 5) is 0. The van der Waals surface area contributed by atoms with Gasteiger partial charge in [0.15, 0.2) is 0 Å². The van der Waals surface area contributed by atoms with Crippen LogP contribution in [0, 0.1) is 64.6 Å². The molecular formula is C80H148. The molecule has 0 fully saturated rings. The fraction of sp³-hybridized carbons (Fsp3) is 0.675. The van der Waals surface area contributed by atoms with Crippen LogP contribution >= 0.6 is 0 Å². The maximum atomic E-state index is 3.36. The van der Waals surface area contributed by atoms with Crippen molar-refractivity contribution in [3.8, 4) is 0 Å². The quantitative estimate of drug-likeness (QED) is 0.0871. The number of allylic oxidation sites excluding steroid dienone is 1. The molecule has 0 heterocycles. The third-order valence-electron chi connectivity index (χ3n) is 13.1. The standard InChI is InChI=1S/4C14H22.C10H22.C3H8.C3H6.4C2H6/c4*1-11(2)10-14(12(3)4)13-8-6-5-7-9-13;1-8(2)9(3)7-10(4,5)6;2*1-3-2;4*1-2/h4*5-9,11-12,14H,10H2,1-4H3;8-9H,7H2,1-6H3;3H2,1-2H3;3H,1H2,2H3;4*1-2H3. The van der Waals surface area contributed by atoms with Crippen molar-refractivity contribution < 1.29 is 0 Å². The van der Waals surface area contributed by atoms with Crippen LogP contribution in [0.5, 0.6) is 0 Å². The summed E-state index contributed by atoms with van der Waals surface area (Å²) < 4.78 is 0. The van der Waals surface area contributed by atoms with Crippen molar-refractivity contribution in [2.45, 2.75) is 291 Å². The van der Waals surface area contributed by atoms with Gasteiger partial charge >= 0.3 is 0 Å². The molecule has 0 saturated carbocycles. The smallest absolute Gasteiger partial charge is 0.0136 e. The molecule has 0 amide bonds. The van der Waals surface area contributed by atoms with E-state index in [1.807, 2.05) is 62.3 Å². The van der Waals surface area contributed by atoms with Gasteiger partial charge in [-0.3, -0.25) is 0 Å². The van der Waals surface area contributed by atoms with E-state index in [1.54, 1.807) is 6.08 Å². The molecule has 0 N–H and O–H groups in total. The van der Waals surface area contributed by atoms with E-state index in [-0.39, 0.29) is 0 Å². The lowest BCUT2D eigenvalue weighted by atomic mass is 9.81. The van der Waals surface area contributed by atoms with Crippen LogP contribution < -0.4 is 0 Å². The first-order valence-corrected chi connectivity index (χ1v) is 33.4. The summed E-state index contributed by atoms with van der Waals surface area (Å²) in [6, 6.07) is 43.6. The van der Waals surface area contributed by atoms with Crippen molar-refractivity contribution in [3.63, 3.8) is 0 Å². The Morgan fingerprint density at radius 1 is 0.325 bits per heavy atom. The fourth-order valence-electron chi connectivity index (χ4n) is 9.21. The first kappa shape index (κ1) is 90.4. The summed E-state index contributed by atoms with van der Waals surface area (Å²) in [6.45, 7) is 76.4. The van der Waals surface area contributed by atoms with Gasteiger partial charge in [0.2, 0.25) is 0 Å². The second-order valence-electron chi connectivity index (χ2n) is 25.7. The predicted octanol–water partition coefficient (Wildman–Crippen LogP) is 28.3. The Bertz CT molecular complexity index is 1490. The SMILES string of the molecule is C=CC.CC.CC.CC.CC.CC(C)C(C)CC(C)(C)C.CC(C)CC(c1ccccc1)C(C)C.CC(C)CC(c1ccccc1)C(C)C.CC(C)CC(c1ccccc1)C(C)C.CC(C)CC(c1ccccc1)C(C)C.CCC. The highest BCUT2D eigenvalue weighted by molar-refractivity contribution is 5.22. The highest BCUT2D eigenvalue weighted by atomic mass is 14.3. The normalized spacial score (nSPS) is 12.2. The van der Waals surface area contributed by atoms with Gasteiger partial charge in [-0.15, -0.1) is 6.58 Å². The first-order chi connectivity index (χ1) is 37.6. The van der Waals surface area contributed by atoms with Gasteiger partial charge in [0.1, 0.15) is 0 Å². The van der Waals surface area contributed by atoms with Gasteiger partial charge < -0.3 is 0 Å². The molecular weight excluding hydrogens is 961 g/mol. The van der Waals surface area contributed by atoms with Crippen LogP contribution in [0.4, 0.5) is 0 Å². The molecule has 5 atom stereocenters. The monoisotopic (exact) mass is 1110 g/mol. The van der Waals surface area contributed by atoms with Gasteiger partial charge in [-0.05, 0) is 150 Å². The number of rotatable bonds is 18. The molecule has 0 aliphatic carbocycles. The molecule has 0 nitrogen and oxygen atoms in total.